The quantitative estimate of drug-likeness (QED) is 0.0244. The van der Waals surface area contributed by atoms with Crippen molar-refractivity contribution in [2.45, 2.75) is 231 Å². The van der Waals surface area contributed by atoms with Crippen molar-refractivity contribution in [2.24, 2.45) is 0 Å². The molecule has 0 aromatic heterocycles. The van der Waals surface area contributed by atoms with E-state index in [4.69, 9.17) is 9.05 Å². The zero-order chi connectivity index (χ0) is 42.8. The second kappa shape index (κ2) is 41.1. The highest BCUT2D eigenvalue weighted by atomic mass is 31.2. The molecule has 9 heteroatoms. The molecule has 0 bridgehead atoms. The molecule has 0 rings (SSSR count). The topological polar surface area (TPSA) is 105 Å². The van der Waals surface area contributed by atoms with Crippen molar-refractivity contribution in [3.63, 3.8) is 0 Å². The summed E-state index contributed by atoms with van der Waals surface area (Å²) in [6.45, 7) is 4.74. The van der Waals surface area contributed by atoms with Gasteiger partial charge in [0.25, 0.3) is 0 Å². The summed E-state index contributed by atoms with van der Waals surface area (Å²) in [5.74, 6) is -0.190. The van der Waals surface area contributed by atoms with Gasteiger partial charge in [0.1, 0.15) is 13.2 Å². The molecule has 0 saturated carbocycles. The van der Waals surface area contributed by atoms with Crippen LogP contribution in [0.3, 0.4) is 0 Å². The molecule has 0 radical (unpaired) electrons. The molecule has 0 aliphatic rings. The molecule has 0 aromatic carbocycles. The lowest BCUT2D eigenvalue weighted by Crippen LogP contribution is -2.45. The number of aliphatic hydroxyl groups is 1. The maximum atomic E-state index is 12.9. The Balaban J connectivity index is 4.09. The van der Waals surface area contributed by atoms with E-state index in [1.807, 2.05) is 27.2 Å². The minimum atomic E-state index is -4.34. The Morgan fingerprint density at radius 1 is 0.569 bits per heavy atom. The SMILES string of the molecule is CCCCC/C=C/CC/C=C/C(O)C(COP(=O)(O)OCC[N+](C)(C)C)NC(=O)CCCCCCCCCCCCC/C=C\CCCCCCCCCCCCCC. The number of rotatable bonds is 44. The molecule has 3 atom stereocenters. The molecule has 58 heavy (non-hydrogen) atoms. The van der Waals surface area contributed by atoms with Crippen molar-refractivity contribution in [3.8, 4) is 0 Å². The second-order valence-electron chi connectivity index (χ2n) is 17.8. The molecule has 0 spiro atoms. The van der Waals surface area contributed by atoms with Gasteiger partial charge in [-0.3, -0.25) is 13.8 Å². The summed E-state index contributed by atoms with van der Waals surface area (Å²) in [5.41, 5.74) is 0. The van der Waals surface area contributed by atoms with Crippen molar-refractivity contribution in [2.75, 3.05) is 40.9 Å². The van der Waals surface area contributed by atoms with Crippen molar-refractivity contribution in [3.05, 3.63) is 36.5 Å². The number of phosphoric acid groups is 1. The van der Waals surface area contributed by atoms with E-state index in [2.05, 4.69) is 43.5 Å². The van der Waals surface area contributed by atoms with Gasteiger partial charge in [-0.25, -0.2) is 4.57 Å². The van der Waals surface area contributed by atoms with Crippen LogP contribution in [0.2, 0.25) is 0 Å². The highest BCUT2D eigenvalue weighted by molar-refractivity contribution is 7.47. The summed E-state index contributed by atoms with van der Waals surface area (Å²) in [6.07, 6.45) is 51.1. The first kappa shape index (κ1) is 56.7. The standard InChI is InChI=1S/C49H95N2O6P/c1-6-8-10-12-14-16-17-18-19-20-21-22-23-24-25-26-27-28-29-30-31-32-33-35-37-39-41-43-49(53)50-47(46-57-58(54,55)56-45-44-51(3,4)5)48(52)42-40-38-36-34-15-13-11-9-7-2/h15,24-25,34,40,42,47-48,52H,6-14,16-23,26-33,35-39,41,43-46H2,1-5H3,(H-,50,53,54,55)/p+1/b25-24-,34-15+,42-40+. The van der Waals surface area contributed by atoms with E-state index >= 15 is 0 Å². The average Bonchev–Trinajstić information content (AvgIpc) is 3.17. The van der Waals surface area contributed by atoms with Crippen LogP contribution >= 0.6 is 7.82 Å². The monoisotopic (exact) mass is 840 g/mol. The molecule has 0 aliphatic heterocycles. The van der Waals surface area contributed by atoms with Crippen LogP contribution in [0.5, 0.6) is 0 Å². The lowest BCUT2D eigenvalue weighted by Gasteiger charge is -2.25. The lowest BCUT2D eigenvalue weighted by atomic mass is 10.0. The van der Waals surface area contributed by atoms with Gasteiger partial charge in [0.05, 0.1) is 39.9 Å². The van der Waals surface area contributed by atoms with E-state index in [1.54, 1.807) is 6.08 Å². The number of quaternary nitrogens is 1. The summed E-state index contributed by atoms with van der Waals surface area (Å²) in [6, 6.07) is -0.860. The van der Waals surface area contributed by atoms with Gasteiger partial charge in [0, 0.05) is 6.42 Å². The first-order chi connectivity index (χ1) is 28.0. The van der Waals surface area contributed by atoms with Gasteiger partial charge in [-0.15, -0.1) is 0 Å². The molecule has 3 unspecified atom stereocenters. The summed E-state index contributed by atoms with van der Waals surface area (Å²) >= 11 is 0. The minimum Gasteiger partial charge on any atom is -0.387 e. The smallest absolute Gasteiger partial charge is 0.387 e. The summed E-state index contributed by atoms with van der Waals surface area (Å²) in [7, 11) is 1.55. The third-order valence-corrected chi connectivity index (χ3v) is 11.8. The van der Waals surface area contributed by atoms with Crippen LogP contribution in [0.1, 0.15) is 219 Å². The largest absolute Gasteiger partial charge is 0.472 e. The highest BCUT2D eigenvalue weighted by Gasteiger charge is 2.27. The molecule has 0 fully saturated rings. The number of unbranched alkanes of at least 4 members (excludes halogenated alkanes) is 27. The number of carbonyl (C=O) groups excluding carboxylic acids is 1. The van der Waals surface area contributed by atoms with Crippen LogP contribution in [0.25, 0.3) is 0 Å². The molecule has 3 N–H and O–H groups in total. The summed E-state index contributed by atoms with van der Waals surface area (Å²) in [5, 5.41) is 13.7. The zero-order valence-corrected chi connectivity index (χ0v) is 39.7. The number of hydrogen-bond acceptors (Lipinski definition) is 5. The molecular formula is C49H96N2O6P+. The Kier molecular flexibility index (Phi) is 40.2. The Bertz CT molecular complexity index is 1040. The molecule has 0 aliphatic carbocycles. The van der Waals surface area contributed by atoms with Gasteiger partial charge in [0.15, 0.2) is 0 Å². The first-order valence-corrected chi connectivity index (χ1v) is 25.9. The average molecular weight is 840 g/mol. The fraction of sp³-hybridized carbons (Fsp3) is 0.857. The highest BCUT2D eigenvalue weighted by Crippen LogP contribution is 2.43. The lowest BCUT2D eigenvalue weighted by molar-refractivity contribution is -0.870. The fourth-order valence-corrected chi connectivity index (χ4v) is 7.67. The Hall–Kier alpha value is -1.28. The van der Waals surface area contributed by atoms with Crippen molar-refractivity contribution >= 4 is 13.7 Å². The van der Waals surface area contributed by atoms with Crippen molar-refractivity contribution in [1.29, 1.82) is 0 Å². The van der Waals surface area contributed by atoms with Gasteiger partial charge in [-0.05, 0) is 57.8 Å². The summed E-state index contributed by atoms with van der Waals surface area (Å²) < 4.78 is 23.5. The molecular weight excluding hydrogens is 744 g/mol. The van der Waals surface area contributed by atoms with E-state index in [-0.39, 0.29) is 19.1 Å². The van der Waals surface area contributed by atoms with E-state index in [9.17, 15) is 19.4 Å². The molecule has 0 heterocycles. The number of carbonyl (C=O) groups is 1. The van der Waals surface area contributed by atoms with E-state index in [0.29, 0.717) is 17.4 Å². The number of allylic oxidation sites excluding steroid dienone is 5. The predicted molar refractivity (Wildman–Crippen MR) is 249 cm³/mol. The molecule has 8 nitrogen and oxygen atoms in total. The Morgan fingerprint density at radius 2 is 0.948 bits per heavy atom. The fourth-order valence-electron chi connectivity index (χ4n) is 6.93. The number of amides is 1. The van der Waals surface area contributed by atoms with Gasteiger partial charge in [-0.2, -0.15) is 0 Å². The molecule has 1 amide bonds. The van der Waals surface area contributed by atoms with Crippen LogP contribution in [-0.2, 0) is 18.4 Å². The van der Waals surface area contributed by atoms with Crippen LogP contribution < -0.4 is 5.32 Å². The number of likely N-dealkylation sites (N-methyl/N-ethyl adjacent to an activating group) is 1. The number of nitrogens with zero attached hydrogens (tertiary/aromatic N) is 1. The van der Waals surface area contributed by atoms with Crippen LogP contribution in [0, 0.1) is 0 Å². The number of nitrogens with one attached hydrogen (secondary N) is 1. The van der Waals surface area contributed by atoms with E-state index < -0.39 is 20.0 Å². The van der Waals surface area contributed by atoms with Gasteiger partial charge >= 0.3 is 7.82 Å². The first-order valence-electron chi connectivity index (χ1n) is 24.4. The molecule has 0 saturated heterocycles. The summed E-state index contributed by atoms with van der Waals surface area (Å²) in [4.78, 5) is 23.1. The maximum Gasteiger partial charge on any atom is 0.472 e. The van der Waals surface area contributed by atoms with Crippen molar-refractivity contribution < 1.29 is 32.9 Å². The van der Waals surface area contributed by atoms with Crippen molar-refractivity contribution in [1.82, 2.24) is 5.32 Å². The normalized spacial score (nSPS) is 14.5. The van der Waals surface area contributed by atoms with Crippen LogP contribution in [0.15, 0.2) is 36.5 Å². The number of hydrogen-bond donors (Lipinski definition) is 3. The molecule has 0 aromatic rings. The third kappa shape index (κ3) is 42.8. The zero-order valence-electron chi connectivity index (χ0n) is 38.8. The van der Waals surface area contributed by atoms with Gasteiger partial charge < -0.3 is 19.8 Å². The molecule has 342 valence electrons. The van der Waals surface area contributed by atoms with E-state index in [0.717, 1.165) is 38.5 Å². The number of phosphoric ester groups is 1. The van der Waals surface area contributed by atoms with E-state index in [1.165, 1.54) is 161 Å². The minimum absolute atomic E-state index is 0.0559. The second-order valence-corrected chi connectivity index (χ2v) is 19.3. The Morgan fingerprint density at radius 3 is 1.41 bits per heavy atom. The third-order valence-electron chi connectivity index (χ3n) is 10.8. The van der Waals surface area contributed by atoms with Gasteiger partial charge in [0.2, 0.25) is 5.91 Å². The Labute approximate surface area is 359 Å². The predicted octanol–water partition coefficient (Wildman–Crippen LogP) is 13.9. The number of aliphatic hydroxyl groups excluding tert-OH is 1. The maximum absolute atomic E-state index is 12.9. The van der Waals surface area contributed by atoms with Crippen LogP contribution in [0.4, 0.5) is 0 Å². The van der Waals surface area contributed by atoms with Crippen LogP contribution in [-0.4, -0.2) is 73.4 Å². The van der Waals surface area contributed by atoms with Gasteiger partial charge in [-0.1, -0.05) is 192 Å².